The third kappa shape index (κ3) is 1.44. The van der Waals surface area contributed by atoms with Crippen LogP contribution >= 0.6 is 0 Å². The van der Waals surface area contributed by atoms with Crippen molar-refractivity contribution in [3.8, 4) is 11.5 Å². The molecule has 4 nitrogen and oxygen atoms in total. The minimum atomic E-state index is -0.256. The molecule has 0 spiro atoms. The lowest BCUT2D eigenvalue weighted by atomic mass is 10.1. The highest BCUT2D eigenvalue weighted by Crippen LogP contribution is 2.27. The first-order valence-corrected chi connectivity index (χ1v) is 4.60. The van der Waals surface area contributed by atoms with E-state index < -0.39 is 0 Å². The highest BCUT2D eigenvalue weighted by Gasteiger charge is 2.11. The van der Waals surface area contributed by atoms with Crippen LogP contribution in [0.5, 0.6) is 11.5 Å². The molecule has 2 N–H and O–H groups in total. The van der Waals surface area contributed by atoms with Crippen molar-refractivity contribution in [1.29, 1.82) is 0 Å². The fourth-order valence-corrected chi connectivity index (χ4v) is 1.50. The molecule has 0 unspecified atom stereocenters. The zero-order valence-corrected chi connectivity index (χ0v) is 8.15. The highest BCUT2D eigenvalue weighted by atomic mass is 16.3. The van der Waals surface area contributed by atoms with E-state index in [2.05, 4.69) is 0 Å². The Hall–Kier alpha value is -1.97. The first kappa shape index (κ1) is 9.58. The van der Waals surface area contributed by atoms with E-state index in [4.69, 9.17) is 4.42 Å². The first-order valence-electron chi connectivity index (χ1n) is 4.60. The zero-order valence-electron chi connectivity index (χ0n) is 8.15. The normalized spacial score (nSPS) is 10.7. The number of hydrogen-bond donors (Lipinski definition) is 2. The van der Waals surface area contributed by atoms with Crippen molar-refractivity contribution in [2.75, 3.05) is 0 Å². The zero-order chi connectivity index (χ0) is 11.0. The summed E-state index contributed by atoms with van der Waals surface area (Å²) in [6.07, 6.45) is 1.89. The number of aromatic hydroxyl groups is 2. The molecule has 0 amide bonds. The van der Waals surface area contributed by atoms with Crippen LogP contribution in [0.25, 0.3) is 11.0 Å². The molecular weight excluding hydrogens is 196 g/mol. The number of phenolic OH excluding ortho intramolecular Hbond substituents is 2. The summed E-state index contributed by atoms with van der Waals surface area (Å²) in [5.74, 6) is -0.388. The molecule has 1 heterocycles. The standard InChI is InChI=1S/C11H10O4/c1-2-6-5-15-9-4-7(12)3-8(13)10(9)11(6)14/h3-5,12-13H,2H2,1H3. The maximum atomic E-state index is 11.8. The van der Waals surface area contributed by atoms with Crippen molar-refractivity contribution in [3.63, 3.8) is 0 Å². The topological polar surface area (TPSA) is 70.7 Å². The van der Waals surface area contributed by atoms with Gasteiger partial charge in [-0.15, -0.1) is 0 Å². The molecule has 0 bridgehead atoms. The second kappa shape index (κ2) is 3.31. The molecule has 0 saturated carbocycles. The van der Waals surface area contributed by atoms with E-state index in [9.17, 15) is 15.0 Å². The summed E-state index contributed by atoms with van der Waals surface area (Å²) < 4.78 is 5.16. The van der Waals surface area contributed by atoms with Crippen LogP contribution in [0.1, 0.15) is 12.5 Å². The predicted molar refractivity (Wildman–Crippen MR) is 55.2 cm³/mol. The predicted octanol–water partition coefficient (Wildman–Crippen LogP) is 1.77. The quantitative estimate of drug-likeness (QED) is 0.745. The van der Waals surface area contributed by atoms with Crippen molar-refractivity contribution >= 4 is 11.0 Å². The van der Waals surface area contributed by atoms with Gasteiger partial charge in [0.2, 0.25) is 0 Å². The maximum Gasteiger partial charge on any atom is 0.199 e. The van der Waals surface area contributed by atoms with Gasteiger partial charge >= 0.3 is 0 Å². The van der Waals surface area contributed by atoms with Gasteiger partial charge in [0.15, 0.2) is 5.43 Å². The number of phenols is 2. The van der Waals surface area contributed by atoms with Gasteiger partial charge < -0.3 is 14.6 Å². The number of hydrogen-bond acceptors (Lipinski definition) is 4. The second-order valence-electron chi connectivity index (χ2n) is 3.28. The van der Waals surface area contributed by atoms with Gasteiger partial charge in [0.05, 0.1) is 6.26 Å². The van der Waals surface area contributed by atoms with Gasteiger partial charge in [0.25, 0.3) is 0 Å². The molecule has 2 rings (SSSR count). The van der Waals surface area contributed by atoms with E-state index in [1.54, 1.807) is 0 Å². The van der Waals surface area contributed by atoms with Gasteiger partial charge in [-0.3, -0.25) is 4.79 Å². The fourth-order valence-electron chi connectivity index (χ4n) is 1.50. The molecule has 2 aromatic rings. The molecule has 0 aliphatic heterocycles. The Morgan fingerprint density at radius 2 is 2.07 bits per heavy atom. The number of aryl methyl sites for hydroxylation is 1. The molecule has 4 heteroatoms. The summed E-state index contributed by atoms with van der Waals surface area (Å²) in [6, 6.07) is 2.43. The van der Waals surface area contributed by atoms with Crippen LogP contribution in [0.4, 0.5) is 0 Å². The molecule has 0 saturated heterocycles. The van der Waals surface area contributed by atoms with E-state index in [0.29, 0.717) is 12.0 Å². The molecule has 0 radical (unpaired) electrons. The lowest BCUT2D eigenvalue weighted by Crippen LogP contribution is -2.07. The Morgan fingerprint density at radius 3 is 2.73 bits per heavy atom. The maximum absolute atomic E-state index is 11.8. The SMILES string of the molecule is CCc1coc2cc(O)cc(O)c2c1=O. The Kier molecular flexibility index (Phi) is 2.11. The van der Waals surface area contributed by atoms with Gasteiger partial charge in [0, 0.05) is 17.7 Å². The van der Waals surface area contributed by atoms with Crippen molar-refractivity contribution < 1.29 is 14.6 Å². The van der Waals surface area contributed by atoms with E-state index in [-0.39, 0.29) is 27.9 Å². The molecule has 0 aliphatic rings. The molecule has 0 atom stereocenters. The molecule has 78 valence electrons. The van der Waals surface area contributed by atoms with E-state index in [0.717, 1.165) is 6.07 Å². The van der Waals surface area contributed by atoms with Crippen LogP contribution < -0.4 is 5.43 Å². The summed E-state index contributed by atoms with van der Waals surface area (Å²) in [6.45, 7) is 1.83. The van der Waals surface area contributed by atoms with E-state index in [1.807, 2.05) is 6.92 Å². The minimum absolute atomic E-state index is 0.118. The Balaban J connectivity index is 2.93. The Morgan fingerprint density at radius 1 is 1.33 bits per heavy atom. The lowest BCUT2D eigenvalue weighted by molar-refractivity contribution is 0.451. The summed E-state index contributed by atoms with van der Waals surface area (Å²) in [5, 5.41) is 18.9. The fraction of sp³-hybridized carbons (Fsp3) is 0.182. The van der Waals surface area contributed by atoms with Crippen LogP contribution in [0.3, 0.4) is 0 Å². The number of rotatable bonds is 1. The average molecular weight is 206 g/mol. The van der Waals surface area contributed by atoms with Gasteiger partial charge in [-0.2, -0.15) is 0 Å². The smallest absolute Gasteiger partial charge is 0.199 e. The average Bonchev–Trinajstić information content (AvgIpc) is 2.17. The van der Waals surface area contributed by atoms with Crippen LogP contribution in [0.15, 0.2) is 27.6 Å². The largest absolute Gasteiger partial charge is 0.508 e. The molecule has 0 aliphatic carbocycles. The summed E-state index contributed by atoms with van der Waals surface area (Å²) in [7, 11) is 0. The van der Waals surface area contributed by atoms with Crippen LogP contribution in [-0.2, 0) is 6.42 Å². The second-order valence-corrected chi connectivity index (χ2v) is 3.28. The first-order chi connectivity index (χ1) is 7.13. The third-order valence-electron chi connectivity index (χ3n) is 2.29. The summed E-state index contributed by atoms with van der Waals surface area (Å²) in [5.41, 5.74) is 0.439. The number of fused-ring (bicyclic) bond motifs is 1. The molecule has 15 heavy (non-hydrogen) atoms. The van der Waals surface area contributed by atoms with Crippen LogP contribution in [0, 0.1) is 0 Å². The summed E-state index contributed by atoms with van der Waals surface area (Å²) in [4.78, 5) is 11.8. The molecule has 0 fully saturated rings. The minimum Gasteiger partial charge on any atom is -0.508 e. The van der Waals surface area contributed by atoms with Gasteiger partial charge in [-0.1, -0.05) is 6.92 Å². The molecule has 1 aromatic carbocycles. The molecular formula is C11H10O4. The monoisotopic (exact) mass is 206 g/mol. The van der Waals surface area contributed by atoms with E-state index in [1.165, 1.54) is 12.3 Å². The van der Waals surface area contributed by atoms with Gasteiger partial charge in [-0.05, 0) is 6.42 Å². The van der Waals surface area contributed by atoms with Crippen molar-refractivity contribution in [2.45, 2.75) is 13.3 Å². The van der Waals surface area contributed by atoms with E-state index >= 15 is 0 Å². The van der Waals surface area contributed by atoms with Crippen LogP contribution in [-0.4, -0.2) is 10.2 Å². The summed E-state index contributed by atoms with van der Waals surface area (Å²) >= 11 is 0. The number of benzene rings is 1. The highest BCUT2D eigenvalue weighted by molar-refractivity contribution is 5.84. The van der Waals surface area contributed by atoms with Crippen molar-refractivity contribution in [1.82, 2.24) is 0 Å². The van der Waals surface area contributed by atoms with Crippen molar-refractivity contribution in [3.05, 3.63) is 34.2 Å². The molecule has 1 aromatic heterocycles. The van der Waals surface area contributed by atoms with Gasteiger partial charge in [0.1, 0.15) is 22.5 Å². The van der Waals surface area contributed by atoms with Gasteiger partial charge in [-0.25, -0.2) is 0 Å². The Bertz CT molecular complexity index is 569. The third-order valence-corrected chi connectivity index (χ3v) is 2.29. The Labute approximate surface area is 85.4 Å². The lowest BCUT2D eigenvalue weighted by Gasteiger charge is -2.02. The van der Waals surface area contributed by atoms with Crippen LogP contribution in [0.2, 0.25) is 0 Å². The van der Waals surface area contributed by atoms with Crippen molar-refractivity contribution in [2.24, 2.45) is 0 Å².